The Morgan fingerprint density at radius 2 is 1.95 bits per heavy atom. The minimum atomic E-state index is -0.441. The Morgan fingerprint density at radius 1 is 1.27 bits per heavy atom. The summed E-state index contributed by atoms with van der Waals surface area (Å²) in [4.78, 5) is 25.8. The zero-order valence-electron chi connectivity index (χ0n) is 13.4. The highest BCUT2D eigenvalue weighted by Gasteiger charge is 2.31. The summed E-state index contributed by atoms with van der Waals surface area (Å²) in [6, 6.07) is 3.54. The van der Waals surface area contributed by atoms with Crippen LogP contribution in [0, 0.1) is 13.8 Å². The number of nitrogens with zero attached hydrogens (tertiary/aromatic N) is 1. The summed E-state index contributed by atoms with van der Waals surface area (Å²) >= 11 is 0. The first-order chi connectivity index (χ1) is 10.4. The predicted octanol–water partition coefficient (Wildman–Crippen LogP) is 1.64. The lowest BCUT2D eigenvalue weighted by Gasteiger charge is -2.34. The lowest BCUT2D eigenvalue weighted by Crippen LogP contribution is -2.48. The summed E-state index contributed by atoms with van der Waals surface area (Å²) in [6.45, 7) is 6.21. The molecule has 1 heterocycles. The van der Waals surface area contributed by atoms with Crippen molar-refractivity contribution in [2.45, 2.75) is 26.8 Å². The molecule has 0 aliphatic carbocycles. The molecule has 0 fully saturated rings. The van der Waals surface area contributed by atoms with Crippen LogP contribution in [-0.2, 0) is 19.1 Å². The van der Waals surface area contributed by atoms with Gasteiger partial charge in [0, 0.05) is 7.11 Å². The van der Waals surface area contributed by atoms with Crippen LogP contribution < -0.4 is 10.2 Å². The van der Waals surface area contributed by atoms with Crippen LogP contribution >= 0.6 is 0 Å². The first-order valence-corrected chi connectivity index (χ1v) is 7.27. The minimum Gasteiger partial charge on any atom is -0.462 e. The van der Waals surface area contributed by atoms with E-state index in [-0.39, 0.29) is 25.1 Å². The molecule has 1 aliphatic rings. The molecule has 0 radical (unpaired) electrons. The van der Waals surface area contributed by atoms with Gasteiger partial charge >= 0.3 is 5.97 Å². The van der Waals surface area contributed by atoms with Crippen molar-refractivity contribution in [1.82, 2.24) is 0 Å². The van der Waals surface area contributed by atoms with Crippen LogP contribution in [0.5, 0.6) is 0 Å². The summed E-state index contributed by atoms with van der Waals surface area (Å²) in [5.41, 5.74) is 3.78. The Labute approximate surface area is 130 Å². The third-order valence-electron chi connectivity index (χ3n) is 3.75. The molecule has 120 valence electrons. The van der Waals surface area contributed by atoms with Crippen molar-refractivity contribution in [1.29, 1.82) is 0 Å². The number of fused-ring (bicyclic) bond motifs is 1. The van der Waals surface area contributed by atoms with E-state index in [0.29, 0.717) is 6.61 Å². The number of esters is 1. The van der Waals surface area contributed by atoms with Gasteiger partial charge in [-0.15, -0.1) is 0 Å². The Balaban J connectivity index is 2.21. The third kappa shape index (κ3) is 3.39. The van der Waals surface area contributed by atoms with Crippen LogP contribution in [0.15, 0.2) is 12.1 Å². The third-order valence-corrected chi connectivity index (χ3v) is 3.75. The first-order valence-electron chi connectivity index (χ1n) is 7.27. The van der Waals surface area contributed by atoms with Gasteiger partial charge in [0.05, 0.1) is 18.0 Å². The fourth-order valence-electron chi connectivity index (χ4n) is 2.36. The van der Waals surface area contributed by atoms with Gasteiger partial charge in [-0.2, -0.15) is 0 Å². The first kappa shape index (κ1) is 16.3. The second kappa shape index (κ2) is 6.79. The zero-order chi connectivity index (χ0) is 16.3. The van der Waals surface area contributed by atoms with Crippen molar-refractivity contribution in [2.75, 3.05) is 37.1 Å². The smallest absolute Gasteiger partial charge is 0.326 e. The van der Waals surface area contributed by atoms with Crippen LogP contribution in [0.3, 0.4) is 0 Å². The largest absolute Gasteiger partial charge is 0.462 e. The summed E-state index contributed by atoms with van der Waals surface area (Å²) in [7, 11) is 1.54. The normalized spacial score (nSPS) is 17.0. The molecule has 6 heteroatoms. The van der Waals surface area contributed by atoms with E-state index in [1.165, 1.54) is 12.0 Å². The number of hydrogen-bond donors (Lipinski definition) is 1. The van der Waals surface area contributed by atoms with Crippen LogP contribution in [0.2, 0.25) is 0 Å². The van der Waals surface area contributed by atoms with Crippen molar-refractivity contribution < 1.29 is 19.1 Å². The Morgan fingerprint density at radius 3 is 2.64 bits per heavy atom. The number of benzene rings is 1. The van der Waals surface area contributed by atoms with Crippen molar-refractivity contribution in [3.63, 3.8) is 0 Å². The van der Waals surface area contributed by atoms with Gasteiger partial charge in [0.2, 0.25) is 5.91 Å². The second-order valence-corrected chi connectivity index (χ2v) is 5.46. The van der Waals surface area contributed by atoms with Gasteiger partial charge in [0.1, 0.15) is 19.2 Å². The summed E-state index contributed by atoms with van der Waals surface area (Å²) < 4.78 is 9.90. The molecular formula is C16H22N2O4. The number of anilines is 2. The van der Waals surface area contributed by atoms with E-state index in [2.05, 4.69) is 5.32 Å². The average Bonchev–Trinajstić information content (AvgIpc) is 2.47. The van der Waals surface area contributed by atoms with Crippen molar-refractivity contribution in [2.24, 2.45) is 0 Å². The molecule has 0 bridgehead atoms. The molecule has 1 N–H and O–H groups in total. The maximum atomic E-state index is 12.4. The molecule has 1 aromatic rings. The number of ether oxygens (including phenoxy) is 2. The topological polar surface area (TPSA) is 67.9 Å². The highest BCUT2D eigenvalue weighted by atomic mass is 16.6. The van der Waals surface area contributed by atoms with Gasteiger partial charge in [-0.3, -0.25) is 14.5 Å². The molecule has 1 amide bonds. The minimum absolute atomic E-state index is 0.0932. The molecule has 1 aliphatic heterocycles. The van der Waals surface area contributed by atoms with Gasteiger partial charge in [-0.1, -0.05) is 0 Å². The molecule has 0 saturated heterocycles. The lowest BCUT2D eigenvalue weighted by molar-refractivity contribution is -0.144. The maximum Gasteiger partial charge on any atom is 0.326 e. The molecular weight excluding hydrogens is 284 g/mol. The molecule has 2 rings (SSSR count). The van der Waals surface area contributed by atoms with E-state index >= 15 is 0 Å². The quantitative estimate of drug-likeness (QED) is 0.661. The van der Waals surface area contributed by atoms with Gasteiger partial charge in [-0.05, 0) is 44.0 Å². The van der Waals surface area contributed by atoms with E-state index < -0.39 is 5.97 Å². The maximum absolute atomic E-state index is 12.4. The average molecular weight is 306 g/mol. The number of amides is 1. The van der Waals surface area contributed by atoms with Crippen LogP contribution in [-0.4, -0.2) is 44.8 Å². The summed E-state index contributed by atoms with van der Waals surface area (Å²) in [5.74, 6) is -0.580. The van der Waals surface area contributed by atoms with E-state index in [1.807, 2.05) is 26.0 Å². The summed E-state index contributed by atoms with van der Waals surface area (Å²) in [5, 5.41) is 3.17. The Bertz CT molecular complexity index is 586. The second-order valence-electron chi connectivity index (χ2n) is 5.46. The Kier molecular flexibility index (Phi) is 5.03. The number of methoxy groups -OCH3 is 1. The van der Waals surface area contributed by atoms with Crippen molar-refractivity contribution in [3.8, 4) is 0 Å². The molecule has 1 atom stereocenters. The number of hydrogen-bond acceptors (Lipinski definition) is 5. The van der Waals surface area contributed by atoms with Gasteiger partial charge in [0.25, 0.3) is 0 Å². The van der Waals surface area contributed by atoms with Crippen molar-refractivity contribution >= 4 is 23.3 Å². The predicted molar refractivity (Wildman–Crippen MR) is 84.2 cm³/mol. The molecule has 0 spiro atoms. The zero-order valence-corrected chi connectivity index (χ0v) is 13.4. The number of aryl methyl sites for hydroxylation is 2. The molecule has 6 nitrogen and oxygen atoms in total. The molecule has 0 aromatic heterocycles. The van der Waals surface area contributed by atoms with Gasteiger partial charge in [0.15, 0.2) is 0 Å². The molecule has 0 saturated carbocycles. The van der Waals surface area contributed by atoms with Crippen molar-refractivity contribution in [3.05, 3.63) is 23.3 Å². The molecule has 22 heavy (non-hydrogen) atoms. The van der Waals surface area contributed by atoms with Crippen LogP contribution in [0.4, 0.5) is 11.4 Å². The van der Waals surface area contributed by atoms with E-state index in [4.69, 9.17) is 9.47 Å². The standard InChI is InChI=1S/C16H22N2O4/c1-10-7-13-14(8-11(10)2)18(16(20)12(3)17-13)9-15(19)22-6-5-21-4/h7-8,12,17H,5-6,9H2,1-4H3. The Hall–Kier alpha value is -2.08. The number of rotatable bonds is 5. The SMILES string of the molecule is COCCOC(=O)CN1C(=O)C(C)Nc2cc(C)c(C)cc21. The monoisotopic (exact) mass is 306 g/mol. The van der Waals surface area contributed by atoms with Gasteiger partial charge in [-0.25, -0.2) is 0 Å². The van der Waals surface area contributed by atoms with E-state index in [9.17, 15) is 9.59 Å². The summed E-state index contributed by atoms with van der Waals surface area (Å²) in [6.07, 6.45) is 0. The lowest BCUT2D eigenvalue weighted by atomic mass is 10.0. The van der Waals surface area contributed by atoms with E-state index in [0.717, 1.165) is 22.5 Å². The fraction of sp³-hybridized carbons (Fsp3) is 0.500. The molecule has 1 unspecified atom stereocenters. The van der Waals surface area contributed by atoms with E-state index in [1.54, 1.807) is 6.92 Å². The van der Waals surface area contributed by atoms with Crippen LogP contribution in [0.1, 0.15) is 18.1 Å². The fourth-order valence-corrected chi connectivity index (χ4v) is 2.36. The number of nitrogens with one attached hydrogen (secondary N) is 1. The molecule has 1 aromatic carbocycles. The van der Waals surface area contributed by atoms with Crippen LogP contribution in [0.25, 0.3) is 0 Å². The van der Waals surface area contributed by atoms with Gasteiger partial charge < -0.3 is 14.8 Å². The number of carbonyl (C=O) groups is 2. The highest BCUT2D eigenvalue weighted by Crippen LogP contribution is 2.33. The number of carbonyl (C=O) groups excluding carboxylic acids is 2. The highest BCUT2D eigenvalue weighted by molar-refractivity contribution is 6.07.